The molecular formula is C12H19BrClFN2O2S. The van der Waals surface area contributed by atoms with E-state index in [9.17, 15) is 12.8 Å². The molecule has 0 bridgehead atoms. The Hall–Kier alpha value is -0.210. The lowest BCUT2D eigenvalue weighted by molar-refractivity contribution is 0.362. The van der Waals surface area contributed by atoms with Gasteiger partial charge in [0.1, 0.15) is 10.7 Å². The van der Waals surface area contributed by atoms with Crippen LogP contribution in [0.3, 0.4) is 0 Å². The summed E-state index contributed by atoms with van der Waals surface area (Å²) in [5, 5.41) is 0. The summed E-state index contributed by atoms with van der Waals surface area (Å²) in [4.78, 5) is -0.374. The molecule has 20 heavy (non-hydrogen) atoms. The maximum Gasteiger partial charge on any atom is 0.244 e. The number of sulfonamides is 1. The van der Waals surface area contributed by atoms with E-state index in [-0.39, 0.29) is 23.8 Å². The van der Waals surface area contributed by atoms with Gasteiger partial charge in [-0.25, -0.2) is 17.5 Å². The zero-order chi connectivity index (χ0) is 14.7. The molecule has 0 aliphatic rings. The van der Waals surface area contributed by atoms with E-state index in [0.29, 0.717) is 17.3 Å². The van der Waals surface area contributed by atoms with Crippen LogP contribution in [-0.2, 0) is 10.0 Å². The molecule has 0 aliphatic heterocycles. The van der Waals surface area contributed by atoms with Crippen LogP contribution >= 0.6 is 28.3 Å². The molecule has 0 heterocycles. The summed E-state index contributed by atoms with van der Waals surface area (Å²) in [7, 11) is -3.94. The molecule has 1 aromatic rings. The van der Waals surface area contributed by atoms with Gasteiger partial charge in [0, 0.05) is 16.6 Å². The van der Waals surface area contributed by atoms with Gasteiger partial charge in [-0.1, -0.05) is 29.8 Å². The molecular weight excluding hydrogens is 371 g/mol. The van der Waals surface area contributed by atoms with Crippen molar-refractivity contribution in [3.05, 3.63) is 28.5 Å². The maximum absolute atomic E-state index is 13.7. The lowest BCUT2D eigenvalue weighted by Crippen LogP contribution is -2.52. The first-order valence-electron chi connectivity index (χ1n) is 5.99. The molecule has 116 valence electrons. The summed E-state index contributed by atoms with van der Waals surface area (Å²) in [6, 6.07) is 3.80. The summed E-state index contributed by atoms with van der Waals surface area (Å²) in [6.07, 6.45) is 1.07. The molecule has 0 amide bonds. The Morgan fingerprint density at radius 1 is 1.35 bits per heavy atom. The average molecular weight is 390 g/mol. The minimum Gasteiger partial charge on any atom is -0.329 e. The van der Waals surface area contributed by atoms with Crippen molar-refractivity contribution < 1.29 is 12.8 Å². The van der Waals surface area contributed by atoms with Gasteiger partial charge in [-0.15, -0.1) is 12.4 Å². The van der Waals surface area contributed by atoms with Gasteiger partial charge in [-0.3, -0.25) is 0 Å². The summed E-state index contributed by atoms with van der Waals surface area (Å²) >= 11 is 3.14. The van der Waals surface area contributed by atoms with Crippen LogP contribution in [0.4, 0.5) is 4.39 Å². The van der Waals surface area contributed by atoms with Crippen LogP contribution in [-0.4, -0.2) is 20.5 Å². The molecule has 3 N–H and O–H groups in total. The van der Waals surface area contributed by atoms with Crippen LogP contribution in [0.15, 0.2) is 27.6 Å². The molecule has 0 saturated carbocycles. The fourth-order valence-electron chi connectivity index (χ4n) is 1.75. The Labute approximate surface area is 133 Å². The van der Waals surface area contributed by atoms with Crippen molar-refractivity contribution in [2.75, 3.05) is 6.54 Å². The van der Waals surface area contributed by atoms with Gasteiger partial charge in [-0.05, 0) is 31.0 Å². The van der Waals surface area contributed by atoms with E-state index in [1.165, 1.54) is 12.1 Å². The second kappa shape index (κ2) is 7.70. The Balaban J connectivity index is 0.00000361. The molecule has 0 saturated heterocycles. The second-order valence-corrected chi connectivity index (χ2v) is 6.94. The molecule has 0 unspecified atom stereocenters. The minimum absolute atomic E-state index is 0. The standard InChI is InChI=1S/C12H18BrFN2O2S.ClH/c1-3-12(4-2,8-15)16-19(17,18)11-7-9(13)5-6-10(11)14;/h5-7,16H,3-4,8,15H2,1-2H3;1H. The van der Waals surface area contributed by atoms with Crippen LogP contribution in [0.25, 0.3) is 0 Å². The van der Waals surface area contributed by atoms with Crippen molar-refractivity contribution in [2.45, 2.75) is 37.1 Å². The van der Waals surface area contributed by atoms with Crippen LogP contribution in [0, 0.1) is 5.82 Å². The molecule has 1 rings (SSSR count). The van der Waals surface area contributed by atoms with Crippen molar-refractivity contribution in [1.82, 2.24) is 4.72 Å². The topological polar surface area (TPSA) is 72.2 Å². The molecule has 0 aromatic heterocycles. The highest BCUT2D eigenvalue weighted by molar-refractivity contribution is 9.10. The maximum atomic E-state index is 13.7. The average Bonchev–Trinajstić information content (AvgIpc) is 2.39. The van der Waals surface area contributed by atoms with Crippen molar-refractivity contribution in [2.24, 2.45) is 5.73 Å². The van der Waals surface area contributed by atoms with Gasteiger partial charge >= 0.3 is 0 Å². The normalized spacial score (nSPS) is 12.1. The van der Waals surface area contributed by atoms with Gasteiger partial charge in [0.15, 0.2) is 0 Å². The van der Waals surface area contributed by atoms with Gasteiger partial charge in [0.05, 0.1) is 0 Å². The third-order valence-corrected chi connectivity index (χ3v) is 5.36. The zero-order valence-corrected chi connectivity index (χ0v) is 14.5. The summed E-state index contributed by atoms with van der Waals surface area (Å²) in [5.41, 5.74) is 4.91. The Bertz CT molecular complexity index is 542. The Morgan fingerprint density at radius 3 is 2.35 bits per heavy atom. The number of halogens is 3. The Morgan fingerprint density at radius 2 is 1.90 bits per heavy atom. The molecule has 0 atom stereocenters. The third kappa shape index (κ3) is 4.39. The smallest absolute Gasteiger partial charge is 0.244 e. The van der Waals surface area contributed by atoms with Crippen LogP contribution < -0.4 is 10.5 Å². The number of hydrogen-bond donors (Lipinski definition) is 2. The number of hydrogen-bond acceptors (Lipinski definition) is 3. The molecule has 0 spiro atoms. The molecule has 1 aromatic carbocycles. The minimum atomic E-state index is -3.94. The van der Waals surface area contributed by atoms with Gasteiger partial charge in [0.2, 0.25) is 10.0 Å². The van der Waals surface area contributed by atoms with Crippen molar-refractivity contribution in [3.8, 4) is 0 Å². The molecule has 4 nitrogen and oxygen atoms in total. The third-order valence-electron chi connectivity index (χ3n) is 3.28. The van der Waals surface area contributed by atoms with E-state index in [1.54, 1.807) is 0 Å². The van der Waals surface area contributed by atoms with E-state index in [4.69, 9.17) is 5.73 Å². The monoisotopic (exact) mass is 388 g/mol. The largest absolute Gasteiger partial charge is 0.329 e. The fourth-order valence-corrected chi connectivity index (χ4v) is 3.92. The van der Waals surface area contributed by atoms with E-state index >= 15 is 0 Å². The number of nitrogens with one attached hydrogen (secondary N) is 1. The van der Waals surface area contributed by atoms with Gasteiger partial charge in [0.25, 0.3) is 0 Å². The quantitative estimate of drug-likeness (QED) is 0.786. The second-order valence-electron chi connectivity index (χ2n) is 4.37. The van der Waals surface area contributed by atoms with Crippen LogP contribution in [0.2, 0.25) is 0 Å². The van der Waals surface area contributed by atoms with Gasteiger partial charge < -0.3 is 5.73 Å². The van der Waals surface area contributed by atoms with E-state index in [0.717, 1.165) is 6.07 Å². The first-order valence-corrected chi connectivity index (χ1v) is 8.27. The fraction of sp³-hybridized carbons (Fsp3) is 0.500. The number of rotatable bonds is 6. The summed E-state index contributed by atoms with van der Waals surface area (Å²) < 4.78 is 41.2. The number of nitrogens with two attached hydrogens (primary N) is 1. The number of benzene rings is 1. The molecule has 0 fully saturated rings. The first kappa shape index (κ1) is 19.8. The Kier molecular flexibility index (Phi) is 7.62. The zero-order valence-electron chi connectivity index (χ0n) is 11.3. The predicted molar refractivity (Wildman–Crippen MR) is 84.0 cm³/mol. The van der Waals surface area contributed by atoms with E-state index in [2.05, 4.69) is 20.7 Å². The van der Waals surface area contributed by atoms with E-state index < -0.39 is 21.4 Å². The van der Waals surface area contributed by atoms with Crippen molar-refractivity contribution in [1.29, 1.82) is 0 Å². The SMILES string of the molecule is CCC(CC)(CN)NS(=O)(=O)c1cc(Br)ccc1F.Cl. The lowest BCUT2D eigenvalue weighted by Gasteiger charge is -2.31. The van der Waals surface area contributed by atoms with Gasteiger partial charge in [-0.2, -0.15) is 0 Å². The highest BCUT2D eigenvalue weighted by Crippen LogP contribution is 2.23. The highest BCUT2D eigenvalue weighted by atomic mass is 79.9. The summed E-state index contributed by atoms with van der Waals surface area (Å²) in [6.45, 7) is 3.85. The molecule has 8 heteroatoms. The molecule has 0 aliphatic carbocycles. The first-order chi connectivity index (χ1) is 8.80. The van der Waals surface area contributed by atoms with Crippen molar-refractivity contribution in [3.63, 3.8) is 0 Å². The van der Waals surface area contributed by atoms with Crippen LogP contribution in [0.5, 0.6) is 0 Å². The highest BCUT2D eigenvalue weighted by Gasteiger charge is 2.32. The molecule has 0 radical (unpaired) electrons. The van der Waals surface area contributed by atoms with Crippen LogP contribution in [0.1, 0.15) is 26.7 Å². The van der Waals surface area contributed by atoms with Crippen molar-refractivity contribution >= 4 is 38.4 Å². The lowest BCUT2D eigenvalue weighted by atomic mass is 9.95. The predicted octanol–water partition coefficient (Wildman–Crippen LogP) is 2.81. The van der Waals surface area contributed by atoms with E-state index in [1.807, 2.05) is 13.8 Å². The summed E-state index contributed by atoms with van der Waals surface area (Å²) in [5.74, 6) is -0.783.